The van der Waals surface area contributed by atoms with Crippen LogP contribution >= 0.6 is 0 Å². The summed E-state index contributed by atoms with van der Waals surface area (Å²) in [5.41, 5.74) is 0. The largest absolute Gasteiger partial charge is 0.462 e. The molecule has 0 aliphatic carbocycles. The molecule has 0 amide bonds. The number of carbonyl (C=O) groups is 2. The third kappa shape index (κ3) is 29.3. The van der Waals surface area contributed by atoms with E-state index in [0.29, 0.717) is 19.3 Å². The topological polar surface area (TPSA) is 152 Å². The normalized spacial score (nSPS) is 20.8. The van der Waals surface area contributed by atoms with E-state index in [-0.39, 0.29) is 26.1 Å². The molecule has 2 unspecified atom stereocenters. The Labute approximate surface area is 345 Å². The predicted octanol–water partition coefficient (Wildman–Crippen LogP) is 9.44. The number of esters is 2. The summed E-state index contributed by atoms with van der Waals surface area (Å²) in [6.07, 6.45) is 38.1. The van der Waals surface area contributed by atoms with Crippen LogP contribution in [0.5, 0.6) is 0 Å². The molecule has 10 nitrogen and oxygen atoms in total. The highest BCUT2D eigenvalue weighted by atomic mass is 16.7. The minimum Gasteiger partial charge on any atom is -0.462 e. The van der Waals surface area contributed by atoms with Crippen molar-refractivity contribution >= 4 is 11.9 Å². The van der Waals surface area contributed by atoms with Gasteiger partial charge in [-0.15, -0.1) is 0 Å². The number of hydrogen-bond acceptors (Lipinski definition) is 10. The Balaban J connectivity index is 2.40. The van der Waals surface area contributed by atoms with Crippen LogP contribution in [-0.2, 0) is 28.5 Å². The Bertz CT molecular complexity index is 1110. The highest BCUT2D eigenvalue weighted by molar-refractivity contribution is 5.70. The van der Waals surface area contributed by atoms with E-state index in [9.17, 15) is 30.0 Å². The maximum atomic E-state index is 12.7. The molecule has 1 rings (SSSR count). The van der Waals surface area contributed by atoms with E-state index in [4.69, 9.17) is 18.9 Å². The van der Waals surface area contributed by atoms with Gasteiger partial charge in [0.05, 0.1) is 13.2 Å². The van der Waals surface area contributed by atoms with Gasteiger partial charge in [0.1, 0.15) is 31.0 Å². The van der Waals surface area contributed by atoms with E-state index in [2.05, 4.69) is 68.5 Å². The molecule has 0 saturated carbocycles. The molecule has 10 heteroatoms. The zero-order valence-corrected chi connectivity index (χ0v) is 35.6. The molecule has 0 aromatic rings. The molecule has 1 aliphatic rings. The van der Waals surface area contributed by atoms with Crippen molar-refractivity contribution in [3.05, 3.63) is 60.8 Å². The van der Waals surface area contributed by atoms with Crippen LogP contribution in [0.2, 0.25) is 0 Å². The van der Waals surface area contributed by atoms with Crippen molar-refractivity contribution in [2.75, 3.05) is 19.8 Å². The number of aliphatic hydroxyl groups is 4. The Morgan fingerprint density at radius 1 is 0.544 bits per heavy atom. The average molecular weight is 805 g/mol. The van der Waals surface area contributed by atoms with Crippen molar-refractivity contribution in [3.63, 3.8) is 0 Å². The number of rotatable bonds is 36. The molecule has 0 aromatic heterocycles. The average Bonchev–Trinajstić information content (AvgIpc) is 3.21. The van der Waals surface area contributed by atoms with Gasteiger partial charge in [-0.05, 0) is 77.0 Å². The van der Waals surface area contributed by atoms with E-state index in [1.807, 2.05) is 6.08 Å². The fourth-order valence-electron chi connectivity index (χ4n) is 6.29. The van der Waals surface area contributed by atoms with Gasteiger partial charge in [-0.1, -0.05) is 139 Å². The lowest BCUT2D eigenvalue weighted by atomic mass is 9.99. The number of aliphatic hydroxyl groups excluding tert-OH is 4. The first kappa shape index (κ1) is 52.4. The minimum absolute atomic E-state index is 0.148. The van der Waals surface area contributed by atoms with Gasteiger partial charge in [0.2, 0.25) is 0 Å². The number of unbranched alkanes of at least 4 members (excludes halogenated alkanes) is 15. The van der Waals surface area contributed by atoms with Gasteiger partial charge < -0.3 is 39.4 Å². The molecule has 328 valence electrons. The van der Waals surface area contributed by atoms with Crippen LogP contribution in [0.15, 0.2) is 60.8 Å². The Kier molecular flexibility index (Phi) is 34.6. The highest BCUT2D eigenvalue weighted by Gasteiger charge is 2.44. The first-order valence-electron chi connectivity index (χ1n) is 22.4. The zero-order valence-electron chi connectivity index (χ0n) is 35.6. The summed E-state index contributed by atoms with van der Waals surface area (Å²) in [4.78, 5) is 25.3. The number of carbonyl (C=O) groups excluding carboxylic acids is 2. The van der Waals surface area contributed by atoms with Gasteiger partial charge in [0.15, 0.2) is 12.4 Å². The molecule has 1 saturated heterocycles. The SMILES string of the molecule is CCCCC/C=C/C/C=C/C/C=C/C/C=C/CCCC(=O)O[C@H](COC(=O)CCCC/C=C/CCCCCCCCCCC)CO[C@@H]1O[C@H](CO)[C@H](O)C(O)C1O. The Hall–Kier alpha value is -2.60. The minimum atomic E-state index is -1.61. The first-order valence-corrected chi connectivity index (χ1v) is 22.4. The lowest BCUT2D eigenvalue weighted by molar-refractivity contribution is -0.305. The van der Waals surface area contributed by atoms with Crippen molar-refractivity contribution in [2.45, 2.75) is 205 Å². The van der Waals surface area contributed by atoms with Crippen LogP contribution in [0.3, 0.4) is 0 Å². The van der Waals surface area contributed by atoms with Crippen molar-refractivity contribution in [1.82, 2.24) is 0 Å². The van der Waals surface area contributed by atoms with Crippen LogP contribution in [0.1, 0.15) is 168 Å². The summed E-state index contributed by atoms with van der Waals surface area (Å²) in [5, 5.41) is 40.0. The second-order valence-corrected chi connectivity index (χ2v) is 15.1. The van der Waals surface area contributed by atoms with Gasteiger partial charge >= 0.3 is 11.9 Å². The fourth-order valence-corrected chi connectivity index (χ4v) is 6.29. The van der Waals surface area contributed by atoms with Gasteiger partial charge in [-0.2, -0.15) is 0 Å². The number of hydrogen-bond donors (Lipinski definition) is 4. The molecular formula is C47H80O10. The van der Waals surface area contributed by atoms with Gasteiger partial charge in [0, 0.05) is 12.8 Å². The first-order chi connectivity index (χ1) is 27.8. The maximum absolute atomic E-state index is 12.7. The molecule has 0 bridgehead atoms. The fraction of sp³-hybridized carbons (Fsp3) is 0.745. The van der Waals surface area contributed by atoms with Crippen molar-refractivity contribution in [3.8, 4) is 0 Å². The third-order valence-electron chi connectivity index (χ3n) is 9.88. The summed E-state index contributed by atoms with van der Waals surface area (Å²) in [6, 6.07) is 0. The van der Waals surface area contributed by atoms with E-state index < -0.39 is 55.4 Å². The van der Waals surface area contributed by atoms with Crippen LogP contribution in [0, 0.1) is 0 Å². The Morgan fingerprint density at radius 2 is 1.00 bits per heavy atom. The van der Waals surface area contributed by atoms with Crippen LogP contribution in [0.4, 0.5) is 0 Å². The van der Waals surface area contributed by atoms with Crippen LogP contribution in [-0.4, -0.2) is 89.0 Å². The molecular weight excluding hydrogens is 725 g/mol. The zero-order chi connectivity index (χ0) is 41.6. The molecule has 0 radical (unpaired) electrons. The summed E-state index contributed by atoms with van der Waals surface area (Å²) in [7, 11) is 0. The van der Waals surface area contributed by atoms with Crippen molar-refractivity contribution < 1.29 is 49.0 Å². The molecule has 1 heterocycles. The quantitative estimate of drug-likeness (QED) is 0.0274. The van der Waals surface area contributed by atoms with Gasteiger partial charge in [0.25, 0.3) is 0 Å². The molecule has 6 atom stereocenters. The number of ether oxygens (including phenoxy) is 4. The standard InChI is InChI=1S/C47H80O10/c1-3-5-7-9-11-13-15-17-19-20-22-24-26-28-30-32-34-36-43(50)56-40(39-55-47-46(53)45(52)44(51)41(37-48)57-47)38-54-42(49)35-33-31-29-27-25-23-21-18-16-14-12-10-8-6-4-2/h11,13,17,19,22,24-25,27-28,30,40-41,44-48,51-53H,3-10,12,14-16,18,20-21,23,26,29,31-39H2,1-2H3/b13-11+,19-17+,24-22+,27-25+,30-28+/t40-,41-,44+,45?,46?,47-/m1/s1. The molecule has 0 aromatic carbocycles. The summed E-state index contributed by atoms with van der Waals surface area (Å²) in [5.74, 6) is -0.901. The second kappa shape index (κ2) is 37.7. The van der Waals surface area contributed by atoms with Gasteiger partial charge in [-0.25, -0.2) is 0 Å². The lowest BCUT2D eigenvalue weighted by Crippen LogP contribution is -2.59. The molecule has 0 spiro atoms. The molecule has 4 N–H and O–H groups in total. The van der Waals surface area contributed by atoms with Crippen LogP contribution < -0.4 is 0 Å². The van der Waals surface area contributed by atoms with E-state index >= 15 is 0 Å². The Morgan fingerprint density at radius 3 is 1.58 bits per heavy atom. The molecule has 57 heavy (non-hydrogen) atoms. The predicted molar refractivity (Wildman–Crippen MR) is 228 cm³/mol. The van der Waals surface area contributed by atoms with E-state index in [1.54, 1.807) is 0 Å². The molecule has 1 fully saturated rings. The lowest BCUT2D eigenvalue weighted by Gasteiger charge is -2.39. The summed E-state index contributed by atoms with van der Waals surface area (Å²) >= 11 is 0. The summed E-state index contributed by atoms with van der Waals surface area (Å²) < 4.78 is 22.1. The van der Waals surface area contributed by atoms with E-state index in [0.717, 1.165) is 44.9 Å². The monoisotopic (exact) mass is 805 g/mol. The maximum Gasteiger partial charge on any atom is 0.306 e. The van der Waals surface area contributed by atoms with Crippen molar-refractivity contribution in [1.29, 1.82) is 0 Å². The number of allylic oxidation sites excluding steroid dienone is 10. The third-order valence-corrected chi connectivity index (χ3v) is 9.88. The van der Waals surface area contributed by atoms with Crippen LogP contribution in [0.25, 0.3) is 0 Å². The molecule has 1 aliphatic heterocycles. The second-order valence-electron chi connectivity index (χ2n) is 15.1. The highest BCUT2D eigenvalue weighted by Crippen LogP contribution is 2.22. The van der Waals surface area contributed by atoms with Gasteiger partial charge in [-0.3, -0.25) is 9.59 Å². The summed E-state index contributed by atoms with van der Waals surface area (Å²) in [6.45, 7) is 3.31. The smallest absolute Gasteiger partial charge is 0.306 e. The van der Waals surface area contributed by atoms with Crippen molar-refractivity contribution in [2.24, 2.45) is 0 Å². The van der Waals surface area contributed by atoms with E-state index in [1.165, 1.54) is 77.0 Å².